The Hall–Kier alpha value is -2.95. The lowest BCUT2D eigenvalue weighted by molar-refractivity contribution is -0.140. The fourth-order valence-corrected chi connectivity index (χ4v) is 3.62. The van der Waals surface area contributed by atoms with Gasteiger partial charge in [-0.25, -0.2) is 4.98 Å². The maximum Gasteiger partial charge on any atom is 0.266 e. The molecular formula is C24H29N3O2. The highest BCUT2D eigenvalue weighted by Gasteiger charge is 2.32. The van der Waals surface area contributed by atoms with Gasteiger partial charge in [0.1, 0.15) is 5.82 Å². The number of carbonyl (C=O) groups is 1. The maximum atomic E-state index is 13.5. The summed E-state index contributed by atoms with van der Waals surface area (Å²) in [6.07, 6.45) is 0.648. The van der Waals surface area contributed by atoms with Crippen LogP contribution in [0.25, 0.3) is 16.6 Å². The van der Waals surface area contributed by atoms with Crippen molar-refractivity contribution in [3.8, 4) is 5.69 Å². The zero-order chi connectivity index (χ0) is 21.3. The number of aromatic nitrogens is 2. The van der Waals surface area contributed by atoms with E-state index in [4.69, 9.17) is 4.98 Å². The van der Waals surface area contributed by atoms with Crippen molar-refractivity contribution in [3.05, 3.63) is 70.3 Å². The van der Waals surface area contributed by atoms with Crippen LogP contribution in [0.1, 0.15) is 51.5 Å². The number of amides is 1. The van der Waals surface area contributed by atoms with Gasteiger partial charge >= 0.3 is 0 Å². The van der Waals surface area contributed by atoms with Crippen molar-refractivity contribution >= 4 is 16.8 Å². The van der Waals surface area contributed by atoms with Crippen molar-refractivity contribution in [2.24, 2.45) is 5.41 Å². The second kappa shape index (κ2) is 7.82. The molecule has 1 aromatic heterocycles. The van der Waals surface area contributed by atoms with Gasteiger partial charge in [0.25, 0.3) is 5.56 Å². The van der Waals surface area contributed by atoms with Crippen molar-refractivity contribution in [1.29, 1.82) is 0 Å². The maximum absolute atomic E-state index is 13.5. The first-order chi connectivity index (χ1) is 13.6. The molecule has 0 aliphatic rings. The van der Waals surface area contributed by atoms with E-state index in [0.29, 0.717) is 23.1 Å². The molecule has 0 fully saturated rings. The molecular weight excluding hydrogens is 362 g/mol. The molecule has 152 valence electrons. The summed E-state index contributed by atoms with van der Waals surface area (Å²) in [5, 5.41) is 0.566. The van der Waals surface area contributed by atoms with E-state index in [1.54, 1.807) is 22.6 Å². The number of fused-ring (bicyclic) bond motifs is 1. The van der Waals surface area contributed by atoms with Gasteiger partial charge in [0.15, 0.2) is 0 Å². The summed E-state index contributed by atoms with van der Waals surface area (Å²) in [4.78, 5) is 33.0. The minimum Gasteiger partial charge on any atom is -0.335 e. The van der Waals surface area contributed by atoms with Crippen LogP contribution in [-0.4, -0.2) is 27.4 Å². The van der Waals surface area contributed by atoms with E-state index in [9.17, 15) is 9.59 Å². The van der Waals surface area contributed by atoms with Gasteiger partial charge in [0.05, 0.1) is 22.6 Å². The van der Waals surface area contributed by atoms with Crippen LogP contribution in [0.2, 0.25) is 0 Å². The molecule has 3 aromatic rings. The molecule has 1 heterocycles. The topological polar surface area (TPSA) is 55.2 Å². The average Bonchev–Trinajstić information content (AvgIpc) is 2.68. The lowest BCUT2D eigenvalue weighted by Gasteiger charge is -2.33. The third-order valence-corrected chi connectivity index (χ3v) is 5.21. The number of benzene rings is 2. The van der Waals surface area contributed by atoms with Crippen molar-refractivity contribution in [2.75, 3.05) is 7.05 Å². The van der Waals surface area contributed by atoms with Gasteiger partial charge in [0, 0.05) is 12.5 Å². The Morgan fingerprint density at radius 2 is 1.72 bits per heavy atom. The monoisotopic (exact) mass is 391 g/mol. The second-order valence-electron chi connectivity index (χ2n) is 8.55. The molecule has 1 unspecified atom stereocenters. The number of para-hydroxylation sites is 1. The summed E-state index contributed by atoms with van der Waals surface area (Å²) in [7, 11) is 1.79. The average molecular weight is 392 g/mol. The molecule has 1 atom stereocenters. The third-order valence-electron chi connectivity index (χ3n) is 5.21. The Labute approximate surface area is 172 Å². The van der Waals surface area contributed by atoms with Crippen LogP contribution < -0.4 is 5.56 Å². The Kier molecular flexibility index (Phi) is 5.60. The third kappa shape index (κ3) is 3.95. The fraction of sp³-hybridized carbons (Fsp3) is 0.375. The fourth-order valence-electron chi connectivity index (χ4n) is 3.62. The summed E-state index contributed by atoms with van der Waals surface area (Å²) < 4.78 is 1.66. The van der Waals surface area contributed by atoms with E-state index in [0.717, 1.165) is 11.3 Å². The zero-order valence-corrected chi connectivity index (χ0v) is 18.1. The van der Waals surface area contributed by atoms with Gasteiger partial charge in [-0.05, 0) is 37.6 Å². The Morgan fingerprint density at radius 3 is 2.31 bits per heavy atom. The van der Waals surface area contributed by atoms with Crippen molar-refractivity contribution < 1.29 is 4.79 Å². The molecule has 0 saturated carbocycles. The first-order valence-corrected chi connectivity index (χ1v) is 10.0. The predicted molar refractivity (Wildman–Crippen MR) is 117 cm³/mol. The summed E-state index contributed by atoms with van der Waals surface area (Å²) in [5.74, 6) is 0.599. The van der Waals surface area contributed by atoms with E-state index >= 15 is 0 Å². The minimum absolute atomic E-state index is 0.0159. The molecule has 0 aliphatic carbocycles. The number of hydrogen-bond donors (Lipinski definition) is 0. The van der Waals surface area contributed by atoms with Crippen molar-refractivity contribution in [1.82, 2.24) is 14.5 Å². The summed E-state index contributed by atoms with van der Waals surface area (Å²) in [5.41, 5.74) is 1.87. The SMILES string of the molecule is CCC(c1nc2ccccc2c(=O)n1-c1ccc(C)cc1)N(C)C(=O)C(C)(C)C. The molecule has 0 spiro atoms. The highest BCUT2D eigenvalue weighted by Crippen LogP contribution is 2.28. The molecule has 3 rings (SSSR count). The van der Waals surface area contributed by atoms with E-state index in [1.165, 1.54) is 0 Å². The van der Waals surface area contributed by atoms with Gasteiger partial charge in [0.2, 0.25) is 5.91 Å². The van der Waals surface area contributed by atoms with Crippen LogP contribution in [-0.2, 0) is 4.79 Å². The van der Waals surface area contributed by atoms with E-state index in [2.05, 4.69) is 0 Å². The number of aryl methyl sites for hydroxylation is 1. The second-order valence-corrected chi connectivity index (χ2v) is 8.55. The van der Waals surface area contributed by atoms with Gasteiger partial charge < -0.3 is 4.90 Å². The quantitative estimate of drug-likeness (QED) is 0.650. The summed E-state index contributed by atoms with van der Waals surface area (Å²) in [6.45, 7) is 9.73. The molecule has 0 radical (unpaired) electrons. The molecule has 1 amide bonds. The number of rotatable bonds is 4. The molecule has 2 aromatic carbocycles. The van der Waals surface area contributed by atoms with E-state index in [-0.39, 0.29) is 17.5 Å². The van der Waals surface area contributed by atoms with Crippen LogP contribution in [0.3, 0.4) is 0 Å². The Balaban J connectivity index is 2.29. The molecule has 0 saturated heterocycles. The van der Waals surface area contributed by atoms with Crippen LogP contribution in [0, 0.1) is 12.3 Å². The molecule has 0 N–H and O–H groups in total. The molecule has 29 heavy (non-hydrogen) atoms. The Morgan fingerprint density at radius 1 is 1.10 bits per heavy atom. The van der Waals surface area contributed by atoms with Crippen LogP contribution >= 0.6 is 0 Å². The molecule has 0 bridgehead atoms. The predicted octanol–water partition coefficient (Wildman–Crippen LogP) is 4.65. The zero-order valence-electron chi connectivity index (χ0n) is 18.1. The van der Waals surface area contributed by atoms with Gasteiger partial charge in [-0.15, -0.1) is 0 Å². The van der Waals surface area contributed by atoms with Crippen molar-refractivity contribution in [2.45, 2.75) is 47.1 Å². The molecule has 0 aliphatic heterocycles. The summed E-state index contributed by atoms with van der Waals surface area (Å²) >= 11 is 0. The number of nitrogens with zero attached hydrogens (tertiary/aromatic N) is 3. The van der Waals surface area contributed by atoms with Crippen LogP contribution in [0.4, 0.5) is 0 Å². The summed E-state index contributed by atoms with van der Waals surface area (Å²) in [6, 6.07) is 14.8. The van der Waals surface area contributed by atoms with Gasteiger partial charge in [-0.2, -0.15) is 0 Å². The lowest BCUT2D eigenvalue weighted by Crippen LogP contribution is -2.41. The highest BCUT2D eigenvalue weighted by atomic mass is 16.2. The Bertz CT molecular complexity index is 1090. The van der Waals surface area contributed by atoms with Crippen molar-refractivity contribution in [3.63, 3.8) is 0 Å². The first-order valence-electron chi connectivity index (χ1n) is 10.0. The van der Waals surface area contributed by atoms with Gasteiger partial charge in [-0.1, -0.05) is 57.5 Å². The van der Waals surface area contributed by atoms with E-state index in [1.807, 2.05) is 77.1 Å². The molecule has 5 heteroatoms. The first kappa shape index (κ1) is 20.8. The standard InChI is InChI=1S/C24H29N3O2/c1-7-20(26(6)23(29)24(3,4)5)21-25-19-11-9-8-10-18(19)22(28)27(21)17-14-12-16(2)13-15-17/h8-15,20H,7H2,1-6H3. The normalized spacial score (nSPS) is 12.8. The van der Waals surface area contributed by atoms with Crippen LogP contribution in [0.5, 0.6) is 0 Å². The highest BCUT2D eigenvalue weighted by molar-refractivity contribution is 5.82. The largest absolute Gasteiger partial charge is 0.335 e. The number of hydrogen-bond acceptors (Lipinski definition) is 3. The van der Waals surface area contributed by atoms with Crippen LogP contribution in [0.15, 0.2) is 53.3 Å². The van der Waals surface area contributed by atoms with Gasteiger partial charge in [-0.3, -0.25) is 14.2 Å². The lowest BCUT2D eigenvalue weighted by atomic mass is 9.93. The molecule has 5 nitrogen and oxygen atoms in total. The number of carbonyl (C=O) groups excluding carboxylic acids is 1. The van der Waals surface area contributed by atoms with E-state index < -0.39 is 5.41 Å². The minimum atomic E-state index is -0.520. The smallest absolute Gasteiger partial charge is 0.266 e.